The highest BCUT2D eigenvalue weighted by atomic mass is 19.2. The van der Waals surface area contributed by atoms with Crippen LogP contribution >= 0.6 is 0 Å². The molecule has 0 aliphatic rings. The number of hydrogen-bond acceptors (Lipinski definition) is 0. The van der Waals surface area contributed by atoms with Gasteiger partial charge in [0, 0.05) is 16.7 Å². The van der Waals surface area contributed by atoms with Gasteiger partial charge in [-0.1, -0.05) is 49.2 Å². The van der Waals surface area contributed by atoms with Crippen LogP contribution in [0.4, 0.5) is 22.0 Å². The third-order valence-electron chi connectivity index (χ3n) is 4.27. The Bertz CT molecular complexity index is 1160. The van der Waals surface area contributed by atoms with Crippen LogP contribution in [0.1, 0.15) is 41.2 Å². The van der Waals surface area contributed by atoms with Gasteiger partial charge < -0.3 is 0 Å². The molecule has 0 saturated heterocycles. The van der Waals surface area contributed by atoms with E-state index in [9.17, 15) is 22.0 Å². The summed E-state index contributed by atoms with van der Waals surface area (Å²) in [6.45, 7) is 2.12. The van der Waals surface area contributed by atoms with Gasteiger partial charge in [-0.3, -0.25) is 0 Å². The zero-order valence-electron chi connectivity index (χ0n) is 15.9. The first-order chi connectivity index (χ1) is 14.4. The fraction of sp³-hybridized carbons (Fsp3) is 0.120. The number of hydrogen-bond donors (Lipinski definition) is 0. The summed E-state index contributed by atoms with van der Waals surface area (Å²) in [5, 5.41) is 0. The third kappa shape index (κ3) is 4.70. The topological polar surface area (TPSA) is 0 Å². The first-order valence-corrected chi connectivity index (χ1v) is 9.15. The van der Waals surface area contributed by atoms with Crippen molar-refractivity contribution in [2.24, 2.45) is 0 Å². The van der Waals surface area contributed by atoms with Crippen molar-refractivity contribution < 1.29 is 22.0 Å². The van der Waals surface area contributed by atoms with E-state index in [1.807, 2.05) is 30.2 Å². The van der Waals surface area contributed by atoms with Crippen LogP contribution < -0.4 is 0 Å². The third-order valence-corrected chi connectivity index (χ3v) is 4.27. The molecule has 0 N–H and O–H groups in total. The van der Waals surface area contributed by atoms with E-state index < -0.39 is 34.6 Å². The van der Waals surface area contributed by atoms with Gasteiger partial charge in [-0.2, -0.15) is 0 Å². The van der Waals surface area contributed by atoms with Crippen LogP contribution in [0.25, 0.3) is 0 Å². The van der Waals surface area contributed by atoms with Crippen LogP contribution in [-0.4, -0.2) is 0 Å². The number of aryl methyl sites for hydroxylation is 1. The van der Waals surface area contributed by atoms with Crippen LogP contribution in [0.3, 0.4) is 0 Å². The molecule has 0 aliphatic carbocycles. The molecule has 0 aliphatic heterocycles. The van der Waals surface area contributed by atoms with E-state index >= 15 is 0 Å². The lowest BCUT2D eigenvalue weighted by molar-refractivity contribution is 0.376. The van der Waals surface area contributed by atoms with Gasteiger partial charge in [0.15, 0.2) is 23.3 Å². The predicted molar refractivity (Wildman–Crippen MR) is 105 cm³/mol. The Labute approximate surface area is 171 Å². The molecule has 0 saturated carbocycles. The molecule has 0 nitrogen and oxygen atoms in total. The summed E-state index contributed by atoms with van der Waals surface area (Å²) in [7, 11) is 0. The quantitative estimate of drug-likeness (QED) is 0.206. The zero-order chi connectivity index (χ0) is 21.7. The van der Waals surface area contributed by atoms with Gasteiger partial charge in [-0.05, 0) is 48.4 Å². The average Bonchev–Trinajstić information content (AvgIpc) is 2.77. The summed E-state index contributed by atoms with van der Waals surface area (Å²) in [6, 6.07) is 14.4. The SMILES string of the molecule is CCCc1ccc(C#Cc2ccc(C#Cc3c(F)c(F)c(F)c(F)c3F)cc2)cc1. The van der Waals surface area contributed by atoms with E-state index in [1.54, 1.807) is 24.3 Å². The Hall–Kier alpha value is -3.57. The van der Waals surface area contributed by atoms with E-state index in [4.69, 9.17) is 0 Å². The molecule has 5 heteroatoms. The largest absolute Gasteiger partial charge is 0.202 e. The first kappa shape index (κ1) is 21.1. The van der Waals surface area contributed by atoms with E-state index in [0.717, 1.165) is 18.4 Å². The standard InChI is InChI=1S/C25H15F5/c1-2-3-16-4-6-17(7-5-16)8-9-18-10-12-19(13-11-18)14-15-20-21(26)23(28)25(30)24(29)22(20)27/h4-7,10-13H,2-3H2,1H3. The van der Waals surface area contributed by atoms with E-state index in [1.165, 1.54) is 5.56 Å². The maximum Gasteiger partial charge on any atom is 0.200 e. The molecule has 0 fully saturated rings. The highest BCUT2D eigenvalue weighted by Gasteiger charge is 2.24. The minimum absolute atomic E-state index is 0.341. The van der Waals surface area contributed by atoms with Gasteiger partial charge in [0.25, 0.3) is 0 Å². The summed E-state index contributed by atoms with van der Waals surface area (Å²) >= 11 is 0. The second-order valence-corrected chi connectivity index (χ2v) is 6.47. The maximum atomic E-state index is 13.7. The van der Waals surface area contributed by atoms with Crippen molar-refractivity contribution in [1.29, 1.82) is 0 Å². The molecule has 0 aromatic heterocycles. The Morgan fingerprint density at radius 3 is 1.33 bits per heavy atom. The van der Waals surface area contributed by atoms with Crippen LogP contribution in [0.2, 0.25) is 0 Å². The second kappa shape index (κ2) is 9.29. The summed E-state index contributed by atoms with van der Waals surface area (Å²) in [6.07, 6.45) is 2.09. The van der Waals surface area contributed by atoms with Crippen molar-refractivity contribution >= 4 is 0 Å². The molecule has 0 unspecified atom stereocenters. The van der Waals surface area contributed by atoms with Crippen molar-refractivity contribution in [2.75, 3.05) is 0 Å². The van der Waals surface area contributed by atoms with Crippen molar-refractivity contribution in [3.8, 4) is 23.7 Å². The summed E-state index contributed by atoms with van der Waals surface area (Å²) in [4.78, 5) is 0. The van der Waals surface area contributed by atoms with E-state index in [2.05, 4.69) is 24.7 Å². The Kier molecular flexibility index (Phi) is 6.54. The highest BCUT2D eigenvalue weighted by Crippen LogP contribution is 2.22. The van der Waals surface area contributed by atoms with Gasteiger partial charge >= 0.3 is 0 Å². The molecule has 3 rings (SSSR count). The molecule has 3 aromatic carbocycles. The summed E-state index contributed by atoms with van der Waals surface area (Å²) in [5.74, 6) is 0.290. The molecular formula is C25H15F5. The zero-order valence-corrected chi connectivity index (χ0v) is 15.9. The van der Waals surface area contributed by atoms with Crippen LogP contribution in [0.15, 0.2) is 48.5 Å². The smallest absolute Gasteiger partial charge is 0.200 e. The molecule has 0 amide bonds. The Morgan fingerprint density at radius 2 is 0.900 bits per heavy atom. The van der Waals surface area contributed by atoms with Crippen LogP contribution in [0.5, 0.6) is 0 Å². The lowest BCUT2D eigenvalue weighted by Crippen LogP contribution is -2.04. The molecular weight excluding hydrogens is 395 g/mol. The maximum absolute atomic E-state index is 13.7. The first-order valence-electron chi connectivity index (χ1n) is 9.15. The van der Waals surface area contributed by atoms with Crippen molar-refractivity contribution in [1.82, 2.24) is 0 Å². The monoisotopic (exact) mass is 410 g/mol. The van der Waals surface area contributed by atoms with Crippen LogP contribution in [-0.2, 0) is 6.42 Å². The Morgan fingerprint density at radius 1 is 0.533 bits per heavy atom. The van der Waals surface area contributed by atoms with E-state index in [-0.39, 0.29) is 0 Å². The molecule has 150 valence electrons. The van der Waals surface area contributed by atoms with Crippen molar-refractivity contribution in [3.05, 3.63) is 105 Å². The van der Waals surface area contributed by atoms with Gasteiger partial charge in [0.2, 0.25) is 5.82 Å². The molecule has 30 heavy (non-hydrogen) atoms. The van der Waals surface area contributed by atoms with Gasteiger partial charge in [-0.25, -0.2) is 22.0 Å². The molecule has 0 atom stereocenters. The number of halogens is 5. The lowest BCUT2D eigenvalue weighted by Gasteiger charge is -2.02. The molecule has 3 aromatic rings. The lowest BCUT2D eigenvalue weighted by atomic mass is 10.1. The average molecular weight is 410 g/mol. The summed E-state index contributed by atoms with van der Waals surface area (Å²) < 4.78 is 66.8. The van der Waals surface area contributed by atoms with E-state index in [0.29, 0.717) is 11.1 Å². The van der Waals surface area contributed by atoms with Crippen LogP contribution in [0, 0.1) is 52.8 Å². The van der Waals surface area contributed by atoms with Crippen molar-refractivity contribution in [2.45, 2.75) is 19.8 Å². The van der Waals surface area contributed by atoms with Gasteiger partial charge in [0.05, 0.1) is 0 Å². The summed E-state index contributed by atoms with van der Waals surface area (Å²) in [5.41, 5.74) is 1.98. The Balaban J connectivity index is 1.79. The molecule has 0 spiro atoms. The fourth-order valence-electron chi connectivity index (χ4n) is 2.67. The van der Waals surface area contributed by atoms with Gasteiger partial charge in [0.1, 0.15) is 5.56 Å². The predicted octanol–water partition coefficient (Wildman–Crippen LogP) is 6.13. The highest BCUT2D eigenvalue weighted by molar-refractivity contribution is 5.48. The molecule has 0 bridgehead atoms. The molecule has 0 heterocycles. The normalized spacial score (nSPS) is 10.1. The minimum atomic E-state index is -2.21. The second-order valence-electron chi connectivity index (χ2n) is 6.47. The van der Waals surface area contributed by atoms with Gasteiger partial charge in [-0.15, -0.1) is 0 Å². The van der Waals surface area contributed by atoms with Crippen molar-refractivity contribution in [3.63, 3.8) is 0 Å². The fourth-order valence-corrected chi connectivity index (χ4v) is 2.67. The minimum Gasteiger partial charge on any atom is -0.202 e. The number of rotatable bonds is 2. The molecule has 0 radical (unpaired) electrons. The number of benzene rings is 3.